The fourth-order valence-electron chi connectivity index (χ4n) is 4.35. The fraction of sp³-hybridized carbons (Fsp3) is 0.333. The first kappa shape index (κ1) is 33.0. The van der Waals surface area contributed by atoms with Gasteiger partial charge in [-0.3, -0.25) is 13.9 Å². The minimum absolute atomic E-state index is 0.0176. The number of methoxy groups -OCH3 is 2. The van der Waals surface area contributed by atoms with Crippen molar-refractivity contribution in [1.82, 2.24) is 10.2 Å². The maximum Gasteiger partial charge on any atom is 0.244 e. The van der Waals surface area contributed by atoms with E-state index in [1.54, 1.807) is 24.3 Å². The first-order valence-corrected chi connectivity index (χ1v) is 15.8. The number of ether oxygens (including phenoxy) is 2. The van der Waals surface area contributed by atoms with Crippen LogP contribution in [0.4, 0.5) is 5.69 Å². The van der Waals surface area contributed by atoms with Gasteiger partial charge in [-0.15, -0.1) is 0 Å². The number of sulfonamides is 1. The molecule has 0 aliphatic heterocycles. The van der Waals surface area contributed by atoms with Gasteiger partial charge in [-0.05, 0) is 41.8 Å². The number of rotatable bonds is 14. The highest BCUT2D eigenvalue weighted by Gasteiger charge is 2.33. The Bertz CT molecular complexity index is 1490. The van der Waals surface area contributed by atoms with Crippen LogP contribution >= 0.6 is 23.2 Å². The van der Waals surface area contributed by atoms with Gasteiger partial charge < -0.3 is 19.7 Å². The number of halogens is 2. The predicted octanol–water partition coefficient (Wildman–Crippen LogP) is 4.94. The number of hydrogen-bond donors (Lipinski definition) is 1. The molecule has 0 aliphatic rings. The van der Waals surface area contributed by atoms with Crippen molar-refractivity contribution < 1.29 is 27.5 Å². The summed E-state index contributed by atoms with van der Waals surface area (Å²) in [5, 5.41) is 3.53. The van der Waals surface area contributed by atoms with Gasteiger partial charge >= 0.3 is 0 Å². The van der Waals surface area contributed by atoms with Crippen molar-refractivity contribution in [3.63, 3.8) is 0 Å². The highest BCUT2D eigenvalue weighted by Crippen LogP contribution is 2.32. The molecule has 9 nitrogen and oxygen atoms in total. The number of nitrogens with zero attached hydrogens (tertiary/aromatic N) is 2. The van der Waals surface area contributed by atoms with Crippen molar-refractivity contribution >= 4 is 50.7 Å². The molecule has 0 saturated heterocycles. The molecule has 0 spiro atoms. The molecule has 3 aromatic carbocycles. The predicted molar refractivity (Wildman–Crippen MR) is 166 cm³/mol. The molecule has 0 fully saturated rings. The summed E-state index contributed by atoms with van der Waals surface area (Å²) < 4.78 is 37.6. The number of amides is 2. The van der Waals surface area contributed by atoms with Crippen molar-refractivity contribution in [3.8, 4) is 11.5 Å². The Labute approximate surface area is 257 Å². The zero-order valence-electron chi connectivity index (χ0n) is 24.0. The summed E-state index contributed by atoms with van der Waals surface area (Å²) in [6.07, 6.45) is 1.92. The van der Waals surface area contributed by atoms with Gasteiger partial charge in [0.2, 0.25) is 21.8 Å². The minimum atomic E-state index is -3.94. The van der Waals surface area contributed by atoms with Crippen molar-refractivity contribution in [2.75, 3.05) is 37.9 Å². The molecule has 0 aromatic heterocycles. The van der Waals surface area contributed by atoms with Gasteiger partial charge in [0, 0.05) is 25.6 Å². The summed E-state index contributed by atoms with van der Waals surface area (Å²) in [5.41, 5.74) is 1.66. The van der Waals surface area contributed by atoms with Crippen LogP contribution in [-0.2, 0) is 32.6 Å². The van der Waals surface area contributed by atoms with Crippen LogP contribution in [0, 0.1) is 0 Å². The molecule has 0 heterocycles. The minimum Gasteiger partial charge on any atom is -0.493 e. The monoisotopic (exact) mass is 635 g/mol. The standard InChI is InChI=1S/C30H35Cl2N3O6S/c1-5-15-33-30(37)26(17-21-9-7-6-8-10-21)34(19-22-11-13-24(31)25(32)16-22)29(36)20-35(42(4,38)39)23-12-14-27(40-2)28(18-23)41-3/h6-14,16,18,26H,5,15,17,19-20H2,1-4H3,(H,33,37)/t26-/m1/s1. The smallest absolute Gasteiger partial charge is 0.244 e. The average molecular weight is 637 g/mol. The topological polar surface area (TPSA) is 105 Å². The number of hydrogen-bond acceptors (Lipinski definition) is 6. The molecule has 1 atom stereocenters. The van der Waals surface area contributed by atoms with Gasteiger partial charge in [-0.1, -0.05) is 66.5 Å². The second-order valence-electron chi connectivity index (χ2n) is 9.58. The molecule has 226 valence electrons. The van der Waals surface area contributed by atoms with E-state index in [2.05, 4.69) is 5.32 Å². The van der Waals surface area contributed by atoms with Crippen molar-refractivity contribution in [2.24, 2.45) is 0 Å². The molecule has 0 aliphatic carbocycles. The van der Waals surface area contributed by atoms with E-state index in [-0.39, 0.29) is 24.6 Å². The number of nitrogens with one attached hydrogen (secondary N) is 1. The second kappa shape index (κ2) is 15.1. The zero-order valence-corrected chi connectivity index (χ0v) is 26.3. The lowest BCUT2D eigenvalue weighted by Crippen LogP contribution is -2.53. The van der Waals surface area contributed by atoms with Crippen LogP contribution < -0.4 is 19.1 Å². The van der Waals surface area contributed by atoms with E-state index in [4.69, 9.17) is 32.7 Å². The van der Waals surface area contributed by atoms with Gasteiger partial charge in [0.05, 0.1) is 36.2 Å². The molecule has 3 rings (SSSR count). The first-order chi connectivity index (χ1) is 20.0. The van der Waals surface area contributed by atoms with E-state index >= 15 is 0 Å². The van der Waals surface area contributed by atoms with Crippen LogP contribution in [-0.4, -0.2) is 64.7 Å². The summed E-state index contributed by atoms with van der Waals surface area (Å²) in [4.78, 5) is 29.1. The Hall–Kier alpha value is -3.47. The highest BCUT2D eigenvalue weighted by molar-refractivity contribution is 7.92. The maximum atomic E-state index is 14.1. The lowest BCUT2D eigenvalue weighted by atomic mass is 10.0. The Morgan fingerprint density at radius 1 is 0.905 bits per heavy atom. The molecule has 0 saturated carbocycles. The summed E-state index contributed by atoms with van der Waals surface area (Å²) in [7, 11) is -1.05. The quantitative estimate of drug-likeness (QED) is 0.269. The summed E-state index contributed by atoms with van der Waals surface area (Å²) in [6.45, 7) is 1.76. The molecule has 2 amide bonds. The van der Waals surface area contributed by atoms with Crippen LogP contribution in [0.2, 0.25) is 10.0 Å². The van der Waals surface area contributed by atoms with E-state index in [0.717, 1.165) is 16.1 Å². The molecule has 1 N–H and O–H groups in total. The number of benzene rings is 3. The SMILES string of the molecule is CCCNC(=O)[C@@H](Cc1ccccc1)N(Cc1ccc(Cl)c(Cl)c1)C(=O)CN(c1ccc(OC)c(OC)c1)S(C)(=O)=O. The van der Waals surface area contributed by atoms with Gasteiger partial charge in [0.15, 0.2) is 11.5 Å². The number of anilines is 1. The first-order valence-electron chi connectivity index (χ1n) is 13.2. The molecule has 0 unspecified atom stereocenters. The van der Waals surface area contributed by atoms with E-state index < -0.39 is 28.5 Å². The average Bonchev–Trinajstić information content (AvgIpc) is 2.97. The van der Waals surface area contributed by atoms with Crippen LogP contribution in [0.3, 0.4) is 0 Å². The maximum absolute atomic E-state index is 14.1. The van der Waals surface area contributed by atoms with E-state index in [0.29, 0.717) is 40.1 Å². The summed E-state index contributed by atoms with van der Waals surface area (Å²) >= 11 is 12.4. The van der Waals surface area contributed by atoms with E-state index in [1.807, 2.05) is 37.3 Å². The zero-order chi connectivity index (χ0) is 30.9. The van der Waals surface area contributed by atoms with Crippen molar-refractivity contribution in [1.29, 1.82) is 0 Å². The van der Waals surface area contributed by atoms with Gasteiger partial charge in [-0.25, -0.2) is 8.42 Å². The van der Waals surface area contributed by atoms with Crippen LogP contribution in [0.1, 0.15) is 24.5 Å². The Morgan fingerprint density at radius 2 is 1.60 bits per heavy atom. The third-order valence-electron chi connectivity index (χ3n) is 6.49. The van der Waals surface area contributed by atoms with Crippen molar-refractivity contribution in [3.05, 3.63) is 87.9 Å². The third kappa shape index (κ3) is 8.77. The number of carbonyl (C=O) groups is 2. The Kier molecular flexibility index (Phi) is 11.9. The van der Waals surface area contributed by atoms with Gasteiger partial charge in [0.25, 0.3) is 0 Å². The van der Waals surface area contributed by atoms with Crippen LogP contribution in [0.5, 0.6) is 11.5 Å². The molecule has 0 bridgehead atoms. The molecular weight excluding hydrogens is 601 g/mol. The molecule has 3 aromatic rings. The molecular formula is C30H35Cl2N3O6S. The normalized spacial score (nSPS) is 11.9. The van der Waals surface area contributed by atoms with Crippen LogP contribution in [0.25, 0.3) is 0 Å². The Morgan fingerprint density at radius 3 is 2.19 bits per heavy atom. The lowest BCUT2D eigenvalue weighted by Gasteiger charge is -2.33. The Balaban J connectivity index is 2.08. The highest BCUT2D eigenvalue weighted by atomic mass is 35.5. The summed E-state index contributed by atoms with van der Waals surface area (Å²) in [5.74, 6) is -0.248. The number of carbonyl (C=O) groups excluding carboxylic acids is 2. The van der Waals surface area contributed by atoms with E-state index in [9.17, 15) is 18.0 Å². The van der Waals surface area contributed by atoms with E-state index in [1.165, 1.54) is 31.3 Å². The molecule has 12 heteroatoms. The van der Waals surface area contributed by atoms with Crippen LogP contribution in [0.15, 0.2) is 66.7 Å². The third-order valence-corrected chi connectivity index (χ3v) is 8.37. The molecule has 0 radical (unpaired) electrons. The lowest BCUT2D eigenvalue weighted by molar-refractivity contribution is -0.140. The molecule has 42 heavy (non-hydrogen) atoms. The summed E-state index contributed by atoms with van der Waals surface area (Å²) in [6, 6.07) is 17.8. The fourth-order valence-corrected chi connectivity index (χ4v) is 5.51. The van der Waals surface area contributed by atoms with Crippen molar-refractivity contribution in [2.45, 2.75) is 32.4 Å². The second-order valence-corrected chi connectivity index (χ2v) is 12.3. The largest absolute Gasteiger partial charge is 0.493 e. The van der Waals surface area contributed by atoms with Gasteiger partial charge in [-0.2, -0.15) is 0 Å². The van der Waals surface area contributed by atoms with Gasteiger partial charge in [0.1, 0.15) is 12.6 Å².